The molecule has 0 amide bonds. The van der Waals surface area contributed by atoms with E-state index in [2.05, 4.69) is 51.5 Å². The van der Waals surface area contributed by atoms with Crippen molar-refractivity contribution in [1.29, 1.82) is 0 Å². The first-order valence-corrected chi connectivity index (χ1v) is 7.45. The van der Waals surface area contributed by atoms with Crippen molar-refractivity contribution in [1.82, 2.24) is 35.3 Å². The standard InChI is InChI=1S/C13H27N7/c1-5-14-11(9-13-15-17-20(4)16-13)12-10-18(2)7-6-8-19(12)3/h11-12,14H,5-10H2,1-4H3. The van der Waals surface area contributed by atoms with E-state index in [-0.39, 0.29) is 0 Å². The number of hydrogen-bond donors (Lipinski definition) is 1. The summed E-state index contributed by atoms with van der Waals surface area (Å²) in [5, 5.41) is 16.0. The maximum absolute atomic E-state index is 4.32. The Morgan fingerprint density at radius 1 is 1.30 bits per heavy atom. The van der Waals surface area contributed by atoms with Gasteiger partial charge in [0.25, 0.3) is 0 Å². The third-order valence-corrected chi connectivity index (χ3v) is 4.00. The number of nitrogens with zero attached hydrogens (tertiary/aromatic N) is 6. The lowest BCUT2D eigenvalue weighted by molar-refractivity contribution is 0.177. The summed E-state index contributed by atoms with van der Waals surface area (Å²) >= 11 is 0. The Kier molecular flexibility index (Phi) is 5.45. The maximum Gasteiger partial charge on any atom is 0.176 e. The highest BCUT2D eigenvalue weighted by Crippen LogP contribution is 2.13. The molecule has 114 valence electrons. The zero-order valence-corrected chi connectivity index (χ0v) is 13.1. The van der Waals surface area contributed by atoms with E-state index in [0.717, 1.165) is 31.9 Å². The van der Waals surface area contributed by atoms with Crippen molar-refractivity contribution in [3.05, 3.63) is 5.82 Å². The minimum atomic E-state index is 0.356. The second-order valence-corrected chi connectivity index (χ2v) is 5.73. The molecular weight excluding hydrogens is 254 g/mol. The van der Waals surface area contributed by atoms with Crippen LogP contribution in [0.5, 0.6) is 0 Å². The lowest BCUT2D eigenvalue weighted by atomic mass is 10.0. The SMILES string of the molecule is CCNC(Cc1nnn(C)n1)C1CN(C)CCCN1C. The first-order chi connectivity index (χ1) is 9.60. The van der Waals surface area contributed by atoms with Crippen LogP contribution in [-0.2, 0) is 13.5 Å². The fraction of sp³-hybridized carbons (Fsp3) is 0.923. The van der Waals surface area contributed by atoms with Gasteiger partial charge in [-0.3, -0.25) is 0 Å². The van der Waals surface area contributed by atoms with Gasteiger partial charge < -0.3 is 15.1 Å². The molecule has 1 N–H and O–H groups in total. The molecule has 1 aromatic heterocycles. The van der Waals surface area contributed by atoms with Crippen LogP contribution in [0.2, 0.25) is 0 Å². The summed E-state index contributed by atoms with van der Waals surface area (Å²) < 4.78 is 0. The van der Waals surface area contributed by atoms with E-state index in [9.17, 15) is 0 Å². The molecule has 1 fully saturated rings. The third-order valence-electron chi connectivity index (χ3n) is 4.00. The molecule has 2 heterocycles. The number of likely N-dealkylation sites (N-methyl/N-ethyl adjacent to an activating group) is 3. The Morgan fingerprint density at radius 2 is 2.10 bits per heavy atom. The van der Waals surface area contributed by atoms with Gasteiger partial charge in [-0.2, -0.15) is 4.80 Å². The van der Waals surface area contributed by atoms with Crippen molar-refractivity contribution in [2.45, 2.75) is 31.8 Å². The molecule has 1 aliphatic rings. The largest absolute Gasteiger partial charge is 0.312 e. The lowest BCUT2D eigenvalue weighted by Gasteiger charge is -2.34. The van der Waals surface area contributed by atoms with Crippen LogP contribution < -0.4 is 5.32 Å². The van der Waals surface area contributed by atoms with E-state index >= 15 is 0 Å². The number of tetrazole rings is 1. The molecule has 1 aliphatic heterocycles. The smallest absolute Gasteiger partial charge is 0.176 e. The van der Waals surface area contributed by atoms with Gasteiger partial charge in [-0.25, -0.2) is 0 Å². The highest BCUT2D eigenvalue weighted by molar-refractivity contribution is 4.94. The molecule has 20 heavy (non-hydrogen) atoms. The quantitative estimate of drug-likeness (QED) is 0.775. The minimum absolute atomic E-state index is 0.356. The molecule has 2 unspecified atom stereocenters. The Balaban J connectivity index is 2.08. The number of aryl methyl sites for hydroxylation is 1. The Hall–Kier alpha value is -1.05. The summed E-state index contributed by atoms with van der Waals surface area (Å²) in [5.41, 5.74) is 0. The van der Waals surface area contributed by atoms with Crippen LogP contribution in [0.3, 0.4) is 0 Å². The Labute approximate surface area is 121 Å². The second-order valence-electron chi connectivity index (χ2n) is 5.73. The third kappa shape index (κ3) is 3.97. The molecule has 7 nitrogen and oxygen atoms in total. The first kappa shape index (κ1) is 15.3. The Bertz CT molecular complexity index is 405. The normalized spacial score (nSPS) is 23.7. The molecule has 0 saturated carbocycles. The van der Waals surface area contributed by atoms with Crippen LogP contribution in [0, 0.1) is 0 Å². The summed E-state index contributed by atoms with van der Waals surface area (Å²) in [6.07, 6.45) is 2.05. The van der Waals surface area contributed by atoms with Gasteiger partial charge in [0.15, 0.2) is 5.82 Å². The van der Waals surface area contributed by atoms with E-state index in [0.29, 0.717) is 12.1 Å². The van der Waals surface area contributed by atoms with Gasteiger partial charge in [0, 0.05) is 25.0 Å². The van der Waals surface area contributed by atoms with Crippen molar-refractivity contribution in [3.63, 3.8) is 0 Å². The summed E-state index contributed by atoms with van der Waals surface area (Å²) in [6, 6.07) is 0.834. The summed E-state index contributed by atoms with van der Waals surface area (Å²) in [4.78, 5) is 6.41. The van der Waals surface area contributed by atoms with E-state index in [1.807, 2.05) is 7.05 Å². The van der Waals surface area contributed by atoms with Gasteiger partial charge in [0.05, 0.1) is 7.05 Å². The molecular formula is C13H27N7. The predicted molar refractivity (Wildman–Crippen MR) is 78.5 cm³/mol. The summed E-state index contributed by atoms with van der Waals surface area (Å²) in [7, 11) is 6.23. The first-order valence-electron chi connectivity index (χ1n) is 7.45. The summed E-state index contributed by atoms with van der Waals surface area (Å²) in [6.45, 7) is 6.50. The van der Waals surface area contributed by atoms with Crippen LogP contribution in [-0.4, -0.2) is 82.4 Å². The molecule has 0 aliphatic carbocycles. The molecule has 0 spiro atoms. The molecule has 0 radical (unpaired) electrons. The summed E-state index contributed by atoms with van der Waals surface area (Å²) in [5.74, 6) is 0.818. The fourth-order valence-corrected chi connectivity index (χ4v) is 2.95. The Morgan fingerprint density at radius 3 is 2.75 bits per heavy atom. The average molecular weight is 281 g/mol. The molecule has 2 atom stereocenters. The molecule has 7 heteroatoms. The number of nitrogens with one attached hydrogen (secondary N) is 1. The molecule has 2 rings (SSSR count). The highest BCUT2D eigenvalue weighted by Gasteiger charge is 2.29. The minimum Gasteiger partial charge on any atom is -0.312 e. The molecule has 1 aromatic rings. The van der Waals surface area contributed by atoms with Gasteiger partial charge in [-0.1, -0.05) is 6.92 Å². The van der Waals surface area contributed by atoms with Crippen LogP contribution >= 0.6 is 0 Å². The van der Waals surface area contributed by atoms with Crippen molar-refractivity contribution in [2.24, 2.45) is 7.05 Å². The number of hydrogen-bond acceptors (Lipinski definition) is 6. The van der Waals surface area contributed by atoms with Gasteiger partial charge in [-0.05, 0) is 45.4 Å². The average Bonchev–Trinajstić information content (AvgIpc) is 2.72. The van der Waals surface area contributed by atoms with Gasteiger partial charge in [-0.15, -0.1) is 10.2 Å². The van der Waals surface area contributed by atoms with E-state index in [1.165, 1.54) is 17.8 Å². The van der Waals surface area contributed by atoms with E-state index < -0.39 is 0 Å². The van der Waals surface area contributed by atoms with Gasteiger partial charge in [0.2, 0.25) is 0 Å². The van der Waals surface area contributed by atoms with Crippen molar-refractivity contribution >= 4 is 0 Å². The number of rotatable bonds is 5. The maximum atomic E-state index is 4.32. The van der Waals surface area contributed by atoms with Gasteiger partial charge >= 0.3 is 0 Å². The number of aromatic nitrogens is 4. The van der Waals surface area contributed by atoms with Crippen molar-refractivity contribution in [3.8, 4) is 0 Å². The monoisotopic (exact) mass is 281 g/mol. The molecule has 1 saturated heterocycles. The zero-order valence-electron chi connectivity index (χ0n) is 13.1. The lowest BCUT2D eigenvalue weighted by Crippen LogP contribution is -2.53. The van der Waals surface area contributed by atoms with Crippen molar-refractivity contribution in [2.75, 3.05) is 40.3 Å². The predicted octanol–water partition coefficient (Wildman–Crippen LogP) is -0.633. The van der Waals surface area contributed by atoms with Crippen LogP contribution in [0.15, 0.2) is 0 Å². The zero-order chi connectivity index (χ0) is 14.5. The van der Waals surface area contributed by atoms with E-state index in [4.69, 9.17) is 0 Å². The van der Waals surface area contributed by atoms with Crippen LogP contribution in [0.4, 0.5) is 0 Å². The fourth-order valence-electron chi connectivity index (χ4n) is 2.95. The highest BCUT2D eigenvalue weighted by atomic mass is 15.6. The van der Waals surface area contributed by atoms with Gasteiger partial charge in [0.1, 0.15) is 0 Å². The van der Waals surface area contributed by atoms with Crippen LogP contribution in [0.25, 0.3) is 0 Å². The van der Waals surface area contributed by atoms with E-state index in [1.54, 1.807) is 0 Å². The molecule has 0 aromatic carbocycles. The topological polar surface area (TPSA) is 62.1 Å². The molecule has 0 bridgehead atoms. The second kappa shape index (κ2) is 7.10. The van der Waals surface area contributed by atoms with Crippen molar-refractivity contribution < 1.29 is 0 Å². The van der Waals surface area contributed by atoms with Crippen LogP contribution in [0.1, 0.15) is 19.2 Å².